The average molecular weight is 401 g/mol. The van der Waals surface area contributed by atoms with Gasteiger partial charge >= 0.3 is 0 Å². The lowest BCUT2D eigenvalue weighted by Crippen LogP contribution is -2.33. The fourth-order valence-electron chi connectivity index (χ4n) is 2.27. The van der Waals surface area contributed by atoms with Crippen LogP contribution in [0.1, 0.15) is 10.4 Å². The standard InChI is InChI=1S/C20H14F3N3O3/c21-12-1-5-15(6-2-12)29-19-8-4-14(10-24-19)26-18(27)11-25-20(28)16-7-3-13(22)9-17(16)23/h1-10H,11H2,(H,25,28)(H,26,27). The molecule has 0 saturated heterocycles. The summed E-state index contributed by atoms with van der Waals surface area (Å²) in [4.78, 5) is 27.8. The molecule has 3 aromatic rings. The normalized spacial score (nSPS) is 10.3. The number of hydrogen-bond donors (Lipinski definition) is 2. The summed E-state index contributed by atoms with van der Waals surface area (Å²) in [5.74, 6) is -3.02. The van der Waals surface area contributed by atoms with E-state index in [9.17, 15) is 22.8 Å². The topological polar surface area (TPSA) is 80.3 Å². The molecule has 2 N–H and O–H groups in total. The van der Waals surface area contributed by atoms with Crippen molar-refractivity contribution in [2.75, 3.05) is 11.9 Å². The molecule has 0 fully saturated rings. The molecule has 3 rings (SSSR count). The van der Waals surface area contributed by atoms with Gasteiger partial charge in [0.15, 0.2) is 0 Å². The number of carbonyl (C=O) groups is 2. The first-order chi connectivity index (χ1) is 13.9. The van der Waals surface area contributed by atoms with Gasteiger partial charge in [-0.3, -0.25) is 9.59 Å². The third-order valence-electron chi connectivity index (χ3n) is 3.64. The quantitative estimate of drug-likeness (QED) is 0.661. The summed E-state index contributed by atoms with van der Waals surface area (Å²) in [7, 11) is 0. The fourth-order valence-corrected chi connectivity index (χ4v) is 2.27. The molecule has 2 amide bonds. The Balaban J connectivity index is 1.51. The molecule has 2 aromatic carbocycles. The summed E-state index contributed by atoms with van der Waals surface area (Å²) < 4.78 is 44.7. The number of pyridine rings is 1. The van der Waals surface area contributed by atoms with Crippen LogP contribution < -0.4 is 15.4 Å². The SMILES string of the molecule is O=C(CNC(=O)c1ccc(F)cc1F)Nc1ccc(Oc2ccc(F)cc2)nc1. The lowest BCUT2D eigenvalue weighted by Gasteiger charge is -2.08. The number of carbonyl (C=O) groups excluding carboxylic acids is 2. The second kappa shape index (κ2) is 8.87. The van der Waals surface area contributed by atoms with Crippen LogP contribution in [0.4, 0.5) is 18.9 Å². The molecule has 0 bridgehead atoms. The summed E-state index contributed by atoms with van der Waals surface area (Å²) in [6, 6.07) is 10.9. The zero-order chi connectivity index (χ0) is 20.8. The van der Waals surface area contributed by atoms with Crippen LogP contribution in [0.3, 0.4) is 0 Å². The van der Waals surface area contributed by atoms with E-state index in [0.717, 1.165) is 12.1 Å². The number of nitrogens with one attached hydrogen (secondary N) is 2. The van der Waals surface area contributed by atoms with E-state index in [1.54, 1.807) is 0 Å². The van der Waals surface area contributed by atoms with Crippen molar-refractivity contribution in [3.8, 4) is 11.6 Å². The lowest BCUT2D eigenvalue weighted by molar-refractivity contribution is -0.115. The summed E-state index contributed by atoms with van der Waals surface area (Å²) in [5, 5.41) is 4.73. The summed E-state index contributed by atoms with van der Waals surface area (Å²) in [6.07, 6.45) is 1.33. The molecule has 29 heavy (non-hydrogen) atoms. The zero-order valence-corrected chi connectivity index (χ0v) is 14.8. The van der Waals surface area contributed by atoms with Gasteiger partial charge in [-0.15, -0.1) is 0 Å². The van der Waals surface area contributed by atoms with E-state index in [-0.39, 0.29) is 11.4 Å². The molecule has 0 atom stereocenters. The van der Waals surface area contributed by atoms with E-state index in [1.165, 1.54) is 42.6 Å². The van der Waals surface area contributed by atoms with Gasteiger partial charge in [0.1, 0.15) is 23.2 Å². The van der Waals surface area contributed by atoms with E-state index >= 15 is 0 Å². The van der Waals surface area contributed by atoms with Crippen LogP contribution in [0.2, 0.25) is 0 Å². The molecule has 0 radical (unpaired) electrons. The molecule has 0 spiro atoms. The van der Waals surface area contributed by atoms with Gasteiger partial charge in [0.05, 0.1) is 24.0 Å². The van der Waals surface area contributed by atoms with Crippen LogP contribution in [0.15, 0.2) is 60.8 Å². The maximum absolute atomic E-state index is 13.5. The molecule has 1 heterocycles. The molecule has 9 heteroatoms. The number of aromatic nitrogens is 1. The van der Waals surface area contributed by atoms with Gasteiger partial charge in [-0.2, -0.15) is 0 Å². The molecule has 0 saturated carbocycles. The predicted octanol–water partition coefficient (Wildman–Crippen LogP) is 3.66. The van der Waals surface area contributed by atoms with Crippen molar-refractivity contribution in [2.45, 2.75) is 0 Å². The Hall–Kier alpha value is -3.88. The lowest BCUT2D eigenvalue weighted by atomic mass is 10.2. The van der Waals surface area contributed by atoms with Crippen molar-refractivity contribution >= 4 is 17.5 Å². The number of benzene rings is 2. The molecule has 6 nitrogen and oxygen atoms in total. The third-order valence-corrected chi connectivity index (χ3v) is 3.64. The van der Waals surface area contributed by atoms with Gasteiger partial charge in [-0.05, 0) is 42.5 Å². The summed E-state index contributed by atoms with van der Waals surface area (Å²) in [5.41, 5.74) is -0.0353. The largest absolute Gasteiger partial charge is 0.439 e. The fraction of sp³-hybridized carbons (Fsp3) is 0.0500. The number of anilines is 1. The molecule has 0 aliphatic heterocycles. The highest BCUT2D eigenvalue weighted by atomic mass is 19.1. The van der Waals surface area contributed by atoms with Crippen molar-refractivity contribution in [2.24, 2.45) is 0 Å². The maximum atomic E-state index is 13.5. The van der Waals surface area contributed by atoms with Crippen LogP contribution in [0.25, 0.3) is 0 Å². The van der Waals surface area contributed by atoms with Crippen molar-refractivity contribution in [3.63, 3.8) is 0 Å². The number of hydrogen-bond acceptors (Lipinski definition) is 4. The Morgan fingerprint density at radius 2 is 1.66 bits per heavy atom. The van der Waals surface area contributed by atoms with Crippen LogP contribution in [0, 0.1) is 17.5 Å². The Labute approximate surface area is 163 Å². The van der Waals surface area contributed by atoms with E-state index in [4.69, 9.17) is 4.74 Å². The molecule has 1 aromatic heterocycles. The monoisotopic (exact) mass is 401 g/mol. The molecule has 0 aliphatic carbocycles. The average Bonchev–Trinajstić information content (AvgIpc) is 2.69. The highest BCUT2D eigenvalue weighted by Gasteiger charge is 2.13. The van der Waals surface area contributed by atoms with E-state index in [0.29, 0.717) is 17.5 Å². The summed E-state index contributed by atoms with van der Waals surface area (Å²) in [6.45, 7) is -0.427. The highest BCUT2D eigenvalue weighted by Crippen LogP contribution is 2.20. The third kappa shape index (κ3) is 5.55. The molecule has 0 unspecified atom stereocenters. The minimum atomic E-state index is -1.02. The Morgan fingerprint density at radius 3 is 2.31 bits per heavy atom. The second-order valence-corrected chi connectivity index (χ2v) is 5.80. The van der Waals surface area contributed by atoms with Crippen LogP contribution in [-0.2, 0) is 4.79 Å². The van der Waals surface area contributed by atoms with Gasteiger partial charge in [0.25, 0.3) is 5.91 Å². The van der Waals surface area contributed by atoms with Gasteiger partial charge in [0.2, 0.25) is 11.8 Å². The van der Waals surface area contributed by atoms with E-state index in [1.807, 2.05) is 0 Å². The van der Waals surface area contributed by atoms with Crippen molar-refractivity contribution in [1.29, 1.82) is 0 Å². The molecule has 148 valence electrons. The van der Waals surface area contributed by atoms with Crippen molar-refractivity contribution < 1.29 is 27.5 Å². The van der Waals surface area contributed by atoms with Gasteiger partial charge in [0, 0.05) is 12.1 Å². The molecular weight excluding hydrogens is 387 g/mol. The van der Waals surface area contributed by atoms with Crippen LogP contribution in [-0.4, -0.2) is 23.3 Å². The van der Waals surface area contributed by atoms with Crippen molar-refractivity contribution in [3.05, 3.63) is 83.8 Å². The number of amides is 2. The van der Waals surface area contributed by atoms with Gasteiger partial charge in [-0.25, -0.2) is 18.2 Å². The first-order valence-electron chi connectivity index (χ1n) is 8.33. The highest BCUT2D eigenvalue weighted by molar-refractivity contribution is 5.99. The van der Waals surface area contributed by atoms with Crippen LogP contribution >= 0.6 is 0 Å². The Bertz CT molecular complexity index is 1030. The smallest absolute Gasteiger partial charge is 0.254 e. The zero-order valence-electron chi connectivity index (χ0n) is 14.8. The van der Waals surface area contributed by atoms with Gasteiger partial charge in [-0.1, -0.05) is 0 Å². The minimum absolute atomic E-state index is 0.231. The van der Waals surface area contributed by atoms with E-state index < -0.39 is 35.8 Å². The Morgan fingerprint density at radius 1 is 0.931 bits per heavy atom. The van der Waals surface area contributed by atoms with Crippen molar-refractivity contribution in [1.82, 2.24) is 10.3 Å². The van der Waals surface area contributed by atoms with Crippen LogP contribution in [0.5, 0.6) is 11.6 Å². The maximum Gasteiger partial charge on any atom is 0.254 e. The molecule has 0 aliphatic rings. The first kappa shape index (κ1) is 19.9. The minimum Gasteiger partial charge on any atom is -0.439 e. The number of rotatable bonds is 6. The predicted molar refractivity (Wildman–Crippen MR) is 98.0 cm³/mol. The Kier molecular flexibility index (Phi) is 6.08. The van der Waals surface area contributed by atoms with Gasteiger partial charge < -0.3 is 15.4 Å². The first-order valence-corrected chi connectivity index (χ1v) is 8.33. The molecular formula is C20H14F3N3O3. The second-order valence-electron chi connectivity index (χ2n) is 5.80. The number of nitrogens with zero attached hydrogens (tertiary/aromatic N) is 1. The van der Waals surface area contributed by atoms with E-state index in [2.05, 4.69) is 15.6 Å². The number of ether oxygens (including phenoxy) is 1. The summed E-state index contributed by atoms with van der Waals surface area (Å²) >= 11 is 0. The number of halogens is 3.